The van der Waals surface area contributed by atoms with Crippen LogP contribution in [0.15, 0.2) is 42.6 Å². The summed E-state index contributed by atoms with van der Waals surface area (Å²) in [7, 11) is 3.90. The van der Waals surface area contributed by atoms with Gasteiger partial charge in [0.15, 0.2) is 11.4 Å². The van der Waals surface area contributed by atoms with Gasteiger partial charge in [0.2, 0.25) is 5.95 Å². The van der Waals surface area contributed by atoms with Crippen LogP contribution in [0.3, 0.4) is 0 Å². The Balaban J connectivity index is 1.32. The summed E-state index contributed by atoms with van der Waals surface area (Å²) in [5.41, 5.74) is 3.84. The normalized spacial score (nSPS) is 17.3. The fourth-order valence-electron chi connectivity index (χ4n) is 4.69. The Morgan fingerprint density at radius 2 is 1.68 bits per heavy atom. The molecule has 37 heavy (non-hydrogen) atoms. The van der Waals surface area contributed by atoms with Crippen LogP contribution in [0.25, 0.3) is 0 Å². The van der Waals surface area contributed by atoms with E-state index in [0.29, 0.717) is 28.2 Å². The summed E-state index contributed by atoms with van der Waals surface area (Å²) in [6, 6.07) is 11.8. The van der Waals surface area contributed by atoms with Crippen molar-refractivity contribution >= 4 is 52.0 Å². The second-order valence-electron chi connectivity index (χ2n) is 10.1. The van der Waals surface area contributed by atoms with Crippen molar-refractivity contribution in [2.24, 2.45) is 0 Å². The summed E-state index contributed by atoms with van der Waals surface area (Å²) in [6.45, 7) is 9.82. The molecule has 5 rings (SSSR count). The Hall–Kier alpha value is -3.56. The molecule has 1 saturated heterocycles. The summed E-state index contributed by atoms with van der Waals surface area (Å²) in [5, 5.41) is 6.91. The molecule has 194 valence electrons. The summed E-state index contributed by atoms with van der Waals surface area (Å²) in [4.78, 5) is 27.9. The van der Waals surface area contributed by atoms with E-state index in [1.807, 2.05) is 24.3 Å². The first kappa shape index (κ1) is 25.1. The van der Waals surface area contributed by atoms with Crippen LogP contribution in [-0.4, -0.2) is 66.7 Å². The Morgan fingerprint density at radius 3 is 2.41 bits per heavy atom. The Bertz CT molecular complexity index is 1340. The molecule has 0 saturated carbocycles. The number of piperazine rings is 1. The molecule has 9 nitrogen and oxygen atoms in total. The third-order valence-electron chi connectivity index (χ3n) is 6.81. The number of nitrogens with zero attached hydrogens (tertiary/aromatic N) is 5. The minimum Gasteiger partial charge on any atom is -0.476 e. The average molecular weight is 522 g/mol. The largest absolute Gasteiger partial charge is 0.476 e. The lowest BCUT2D eigenvalue weighted by Gasteiger charge is -2.37. The molecule has 0 unspecified atom stereocenters. The van der Waals surface area contributed by atoms with Gasteiger partial charge in [0, 0.05) is 50.3 Å². The van der Waals surface area contributed by atoms with Gasteiger partial charge in [0.1, 0.15) is 10.8 Å². The minimum atomic E-state index is -0.908. The second kappa shape index (κ2) is 9.72. The van der Waals surface area contributed by atoms with Crippen molar-refractivity contribution in [3.63, 3.8) is 0 Å². The van der Waals surface area contributed by atoms with Crippen LogP contribution in [0.1, 0.15) is 19.4 Å². The zero-order chi connectivity index (χ0) is 26.3. The van der Waals surface area contributed by atoms with Crippen molar-refractivity contribution in [1.29, 1.82) is 0 Å². The quantitative estimate of drug-likeness (QED) is 0.494. The zero-order valence-electron chi connectivity index (χ0n) is 21.8. The monoisotopic (exact) mass is 521 g/mol. The SMILES string of the molecule is Cc1cc(Nc2ncc(Cl)c(Nc3ccc4c(c3)N(C)C(=O)C(C)(C)O4)n2)ccc1N1CCN(C)CC1. The van der Waals surface area contributed by atoms with E-state index in [2.05, 4.69) is 56.5 Å². The molecule has 2 aliphatic heterocycles. The number of aryl methyl sites for hydroxylation is 1. The molecule has 2 N–H and O–H groups in total. The topological polar surface area (TPSA) is 85.9 Å². The van der Waals surface area contributed by atoms with Gasteiger partial charge in [-0.3, -0.25) is 4.79 Å². The van der Waals surface area contributed by atoms with Gasteiger partial charge in [-0.2, -0.15) is 4.98 Å². The van der Waals surface area contributed by atoms with E-state index >= 15 is 0 Å². The second-order valence-corrected chi connectivity index (χ2v) is 10.5. The van der Waals surface area contributed by atoms with Crippen LogP contribution in [0, 0.1) is 6.92 Å². The fourth-order valence-corrected chi connectivity index (χ4v) is 4.83. The number of amides is 1. The molecular formula is C27H32ClN7O2. The maximum atomic E-state index is 12.6. The van der Waals surface area contributed by atoms with Gasteiger partial charge >= 0.3 is 0 Å². The molecule has 2 aliphatic rings. The number of nitrogens with one attached hydrogen (secondary N) is 2. The zero-order valence-corrected chi connectivity index (χ0v) is 22.6. The van der Waals surface area contributed by atoms with Crippen molar-refractivity contribution < 1.29 is 9.53 Å². The molecule has 0 radical (unpaired) electrons. The van der Waals surface area contributed by atoms with E-state index in [4.69, 9.17) is 16.3 Å². The molecule has 10 heteroatoms. The highest BCUT2D eigenvalue weighted by molar-refractivity contribution is 6.32. The van der Waals surface area contributed by atoms with E-state index in [9.17, 15) is 4.79 Å². The van der Waals surface area contributed by atoms with Gasteiger partial charge in [0.05, 0.1) is 11.9 Å². The highest BCUT2D eigenvalue weighted by Gasteiger charge is 2.39. The number of hydrogen-bond acceptors (Lipinski definition) is 8. The van der Waals surface area contributed by atoms with Crippen LogP contribution in [0.5, 0.6) is 5.75 Å². The molecule has 0 spiro atoms. The summed E-state index contributed by atoms with van der Waals surface area (Å²) in [5.74, 6) is 1.41. The number of carbonyl (C=O) groups is 1. The maximum Gasteiger partial charge on any atom is 0.270 e. The van der Waals surface area contributed by atoms with E-state index in [1.54, 1.807) is 32.0 Å². The van der Waals surface area contributed by atoms with Crippen molar-refractivity contribution in [3.05, 3.63) is 53.2 Å². The van der Waals surface area contributed by atoms with Gasteiger partial charge in [-0.1, -0.05) is 11.6 Å². The fraction of sp³-hybridized carbons (Fsp3) is 0.370. The Morgan fingerprint density at radius 1 is 0.973 bits per heavy atom. The van der Waals surface area contributed by atoms with Gasteiger partial charge in [-0.05, 0) is 69.8 Å². The molecule has 1 fully saturated rings. The molecule has 0 atom stereocenters. The van der Waals surface area contributed by atoms with Crippen LogP contribution in [-0.2, 0) is 4.79 Å². The number of benzene rings is 2. The number of fused-ring (bicyclic) bond motifs is 1. The van der Waals surface area contributed by atoms with Crippen molar-refractivity contribution in [2.75, 3.05) is 60.7 Å². The Kier molecular flexibility index (Phi) is 6.59. The van der Waals surface area contributed by atoms with Gasteiger partial charge < -0.3 is 30.1 Å². The molecule has 3 heterocycles. The maximum absolute atomic E-state index is 12.6. The highest BCUT2D eigenvalue weighted by Crippen LogP contribution is 2.39. The summed E-state index contributed by atoms with van der Waals surface area (Å²) in [6.07, 6.45) is 1.56. The van der Waals surface area contributed by atoms with Crippen LogP contribution >= 0.6 is 11.6 Å². The van der Waals surface area contributed by atoms with Crippen molar-refractivity contribution in [2.45, 2.75) is 26.4 Å². The molecule has 1 amide bonds. The number of carbonyl (C=O) groups excluding carboxylic acids is 1. The standard InChI is InChI=1S/C27H32ClN7O2/c1-17-14-18(6-8-21(17)35-12-10-33(4)11-13-35)31-26-29-16-20(28)24(32-26)30-19-7-9-23-22(15-19)34(5)25(36)27(2,3)37-23/h6-9,14-16H,10-13H2,1-5H3,(H2,29,30,31,32). The number of ether oxygens (including phenoxy) is 1. The Labute approximate surface area is 222 Å². The van der Waals surface area contributed by atoms with Crippen molar-refractivity contribution in [1.82, 2.24) is 14.9 Å². The third-order valence-corrected chi connectivity index (χ3v) is 7.09. The first-order valence-corrected chi connectivity index (χ1v) is 12.7. The first-order chi connectivity index (χ1) is 17.6. The van der Waals surface area contributed by atoms with E-state index in [0.717, 1.165) is 37.6 Å². The van der Waals surface area contributed by atoms with Crippen LogP contribution < -0.4 is 25.2 Å². The first-order valence-electron chi connectivity index (χ1n) is 12.3. The number of aromatic nitrogens is 2. The van der Waals surface area contributed by atoms with Crippen molar-refractivity contribution in [3.8, 4) is 5.75 Å². The van der Waals surface area contributed by atoms with E-state index in [-0.39, 0.29) is 5.91 Å². The highest BCUT2D eigenvalue weighted by atomic mass is 35.5. The molecule has 3 aromatic rings. The molecule has 0 aliphatic carbocycles. The lowest BCUT2D eigenvalue weighted by atomic mass is 10.0. The number of halogens is 1. The molecule has 0 bridgehead atoms. The van der Waals surface area contributed by atoms with E-state index in [1.165, 1.54) is 11.3 Å². The molecular weight excluding hydrogens is 490 g/mol. The summed E-state index contributed by atoms with van der Waals surface area (Å²) >= 11 is 6.41. The van der Waals surface area contributed by atoms with Crippen LogP contribution in [0.2, 0.25) is 5.02 Å². The lowest BCUT2D eigenvalue weighted by Crippen LogP contribution is -2.50. The van der Waals surface area contributed by atoms with Crippen LogP contribution in [0.4, 0.5) is 34.5 Å². The third kappa shape index (κ3) is 5.14. The predicted molar refractivity (Wildman–Crippen MR) is 149 cm³/mol. The molecule has 2 aromatic carbocycles. The number of likely N-dealkylation sites (N-methyl/N-ethyl adjacent to an activating group) is 2. The smallest absolute Gasteiger partial charge is 0.270 e. The average Bonchev–Trinajstić information content (AvgIpc) is 2.86. The van der Waals surface area contributed by atoms with Gasteiger partial charge in [-0.25, -0.2) is 4.98 Å². The van der Waals surface area contributed by atoms with Gasteiger partial charge in [0.25, 0.3) is 5.91 Å². The number of rotatable bonds is 5. The predicted octanol–water partition coefficient (Wildman–Crippen LogP) is 4.81. The molecule has 1 aromatic heterocycles. The van der Waals surface area contributed by atoms with E-state index < -0.39 is 5.60 Å². The minimum absolute atomic E-state index is 0.113. The lowest BCUT2D eigenvalue weighted by molar-refractivity contribution is -0.132. The summed E-state index contributed by atoms with van der Waals surface area (Å²) < 4.78 is 5.89. The number of anilines is 6. The number of hydrogen-bond donors (Lipinski definition) is 2. The van der Waals surface area contributed by atoms with Gasteiger partial charge in [-0.15, -0.1) is 0 Å².